The minimum absolute atomic E-state index is 0.211. The first-order valence-electron chi connectivity index (χ1n) is 5.90. The molecule has 1 atom stereocenters. The van der Waals surface area contributed by atoms with Crippen LogP contribution < -0.4 is 4.74 Å². The van der Waals surface area contributed by atoms with Crippen LogP contribution in [0.15, 0.2) is 18.2 Å². The van der Waals surface area contributed by atoms with E-state index in [1.54, 1.807) is 25.1 Å². The van der Waals surface area contributed by atoms with Gasteiger partial charge in [0.1, 0.15) is 5.75 Å². The molecule has 0 bridgehead atoms. The molecule has 1 unspecified atom stereocenters. The molecule has 0 fully saturated rings. The lowest BCUT2D eigenvalue weighted by Crippen LogP contribution is -2.43. The Labute approximate surface area is 110 Å². The van der Waals surface area contributed by atoms with Crippen LogP contribution in [0.5, 0.6) is 5.75 Å². The molecule has 1 aliphatic heterocycles. The van der Waals surface area contributed by atoms with Crippen molar-refractivity contribution < 1.29 is 24.2 Å². The third-order valence-corrected chi connectivity index (χ3v) is 2.96. The van der Waals surface area contributed by atoms with E-state index in [9.17, 15) is 9.59 Å². The third-order valence-electron chi connectivity index (χ3n) is 2.96. The summed E-state index contributed by atoms with van der Waals surface area (Å²) in [6.07, 6.45) is -1.25. The number of hydrogen-bond acceptors (Lipinski definition) is 4. The summed E-state index contributed by atoms with van der Waals surface area (Å²) in [6, 6.07) is 5.05. The van der Waals surface area contributed by atoms with E-state index in [0.717, 1.165) is 5.56 Å². The second-order valence-electron chi connectivity index (χ2n) is 4.10. The molecule has 6 nitrogen and oxygen atoms in total. The molecule has 1 aliphatic rings. The number of methoxy groups -OCH3 is 1. The number of amides is 1. The number of carboxylic acid groups (broad SMARTS) is 1. The van der Waals surface area contributed by atoms with Crippen molar-refractivity contribution in [2.75, 3.05) is 13.7 Å². The molecule has 0 saturated heterocycles. The van der Waals surface area contributed by atoms with Crippen LogP contribution in [-0.2, 0) is 16.1 Å². The average Bonchev–Trinajstić information content (AvgIpc) is 2.72. The Hall–Kier alpha value is -2.08. The Bertz CT molecular complexity index is 514. The molecule has 0 spiro atoms. The molecule has 1 N–H and O–H groups in total. The van der Waals surface area contributed by atoms with Gasteiger partial charge in [-0.25, -0.2) is 4.79 Å². The summed E-state index contributed by atoms with van der Waals surface area (Å²) < 4.78 is 10.2. The van der Waals surface area contributed by atoms with Crippen molar-refractivity contribution >= 4 is 11.9 Å². The van der Waals surface area contributed by atoms with Gasteiger partial charge in [-0.05, 0) is 30.7 Å². The van der Waals surface area contributed by atoms with E-state index >= 15 is 0 Å². The SMILES string of the molecule is CCOC(C(=O)O)N1Cc2cc(OC)ccc2C1=O. The number of rotatable bonds is 5. The highest BCUT2D eigenvalue weighted by molar-refractivity contribution is 6.00. The summed E-state index contributed by atoms with van der Waals surface area (Å²) in [5.41, 5.74) is 1.24. The fourth-order valence-electron chi connectivity index (χ4n) is 2.09. The van der Waals surface area contributed by atoms with Crippen molar-refractivity contribution in [3.8, 4) is 5.75 Å². The standard InChI is InChI=1S/C13H15NO5/c1-3-19-12(13(16)17)14-7-8-6-9(18-2)4-5-10(8)11(14)15/h4-6,12H,3,7H2,1-2H3,(H,16,17). The van der Waals surface area contributed by atoms with E-state index in [-0.39, 0.29) is 19.1 Å². The highest BCUT2D eigenvalue weighted by Gasteiger charge is 2.37. The number of ether oxygens (including phenoxy) is 2. The fourth-order valence-corrected chi connectivity index (χ4v) is 2.09. The zero-order valence-electron chi connectivity index (χ0n) is 10.8. The maximum absolute atomic E-state index is 12.2. The van der Waals surface area contributed by atoms with Gasteiger partial charge in [0, 0.05) is 12.2 Å². The van der Waals surface area contributed by atoms with Crippen molar-refractivity contribution in [2.24, 2.45) is 0 Å². The lowest BCUT2D eigenvalue weighted by molar-refractivity contribution is -0.161. The normalized spacial score (nSPS) is 15.3. The minimum Gasteiger partial charge on any atom is -0.497 e. The Kier molecular flexibility index (Phi) is 3.71. The monoisotopic (exact) mass is 265 g/mol. The molecular formula is C13H15NO5. The molecule has 0 saturated carbocycles. The van der Waals surface area contributed by atoms with Crippen LogP contribution in [0, 0.1) is 0 Å². The summed E-state index contributed by atoms with van der Waals surface area (Å²) in [5, 5.41) is 9.12. The lowest BCUT2D eigenvalue weighted by atomic mass is 10.1. The molecule has 1 amide bonds. The molecule has 1 aromatic rings. The van der Waals surface area contributed by atoms with Gasteiger partial charge in [-0.3, -0.25) is 9.69 Å². The quantitative estimate of drug-likeness (QED) is 0.862. The molecule has 0 aliphatic carbocycles. The zero-order valence-corrected chi connectivity index (χ0v) is 10.8. The molecule has 6 heteroatoms. The van der Waals surface area contributed by atoms with Crippen molar-refractivity contribution in [1.82, 2.24) is 4.90 Å². The van der Waals surface area contributed by atoms with Gasteiger partial charge in [0.05, 0.1) is 13.7 Å². The largest absolute Gasteiger partial charge is 0.497 e. The number of nitrogens with zero attached hydrogens (tertiary/aromatic N) is 1. The lowest BCUT2D eigenvalue weighted by Gasteiger charge is -2.23. The van der Waals surface area contributed by atoms with Crippen molar-refractivity contribution in [2.45, 2.75) is 19.7 Å². The van der Waals surface area contributed by atoms with E-state index in [0.29, 0.717) is 11.3 Å². The Balaban J connectivity index is 2.28. The van der Waals surface area contributed by atoms with E-state index in [4.69, 9.17) is 14.6 Å². The summed E-state index contributed by atoms with van der Waals surface area (Å²) in [6.45, 7) is 2.12. The van der Waals surface area contributed by atoms with Crippen molar-refractivity contribution in [1.29, 1.82) is 0 Å². The number of fused-ring (bicyclic) bond motifs is 1. The highest BCUT2D eigenvalue weighted by atomic mass is 16.5. The topological polar surface area (TPSA) is 76.1 Å². The second-order valence-corrected chi connectivity index (χ2v) is 4.10. The summed E-state index contributed by atoms with van der Waals surface area (Å²) in [4.78, 5) is 24.5. The van der Waals surface area contributed by atoms with Gasteiger partial charge in [-0.15, -0.1) is 0 Å². The van der Waals surface area contributed by atoms with Gasteiger partial charge in [0.25, 0.3) is 5.91 Å². The van der Waals surface area contributed by atoms with Crippen LogP contribution in [0.1, 0.15) is 22.8 Å². The molecular weight excluding hydrogens is 250 g/mol. The van der Waals surface area contributed by atoms with Gasteiger partial charge in [-0.2, -0.15) is 0 Å². The highest BCUT2D eigenvalue weighted by Crippen LogP contribution is 2.28. The summed E-state index contributed by atoms with van der Waals surface area (Å²) in [5.74, 6) is -0.870. The van der Waals surface area contributed by atoms with Gasteiger partial charge < -0.3 is 14.6 Å². The predicted molar refractivity (Wildman–Crippen MR) is 65.9 cm³/mol. The molecule has 1 heterocycles. The minimum atomic E-state index is -1.25. The van der Waals surface area contributed by atoms with Crippen LogP contribution in [0.25, 0.3) is 0 Å². The zero-order chi connectivity index (χ0) is 14.0. The number of benzene rings is 1. The smallest absolute Gasteiger partial charge is 0.354 e. The molecule has 1 aromatic carbocycles. The summed E-state index contributed by atoms with van der Waals surface area (Å²) >= 11 is 0. The van der Waals surface area contributed by atoms with Gasteiger partial charge in [-0.1, -0.05) is 0 Å². The average molecular weight is 265 g/mol. The third kappa shape index (κ3) is 2.39. The fraction of sp³-hybridized carbons (Fsp3) is 0.385. The van der Waals surface area contributed by atoms with E-state index in [1.807, 2.05) is 0 Å². The van der Waals surface area contributed by atoms with Crippen LogP contribution in [0.2, 0.25) is 0 Å². The Morgan fingerprint density at radius 3 is 2.84 bits per heavy atom. The summed E-state index contributed by atoms with van der Waals surface area (Å²) in [7, 11) is 1.54. The first kappa shape index (κ1) is 13.4. The van der Waals surface area contributed by atoms with E-state index in [1.165, 1.54) is 12.0 Å². The molecule has 2 rings (SSSR count). The Morgan fingerprint density at radius 1 is 1.53 bits per heavy atom. The van der Waals surface area contributed by atoms with Crippen LogP contribution in [0.3, 0.4) is 0 Å². The number of carboxylic acids is 1. The molecule has 19 heavy (non-hydrogen) atoms. The second kappa shape index (κ2) is 5.27. The van der Waals surface area contributed by atoms with Gasteiger partial charge in [0.15, 0.2) is 0 Å². The predicted octanol–water partition coefficient (Wildman–Crippen LogP) is 1.10. The first-order chi connectivity index (χ1) is 9.08. The first-order valence-corrected chi connectivity index (χ1v) is 5.90. The van der Waals surface area contributed by atoms with Gasteiger partial charge in [0.2, 0.25) is 6.23 Å². The molecule has 102 valence electrons. The van der Waals surface area contributed by atoms with Crippen molar-refractivity contribution in [3.05, 3.63) is 29.3 Å². The van der Waals surface area contributed by atoms with Crippen LogP contribution in [0.4, 0.5) is 0 Å². The maximum Gasteiger partial charge on any atom is 0.354 e. The molecule has 0 aromatic heterocycles. The molecule has 0 radical (unpaired) electrons. The number of hydrogen-bond donors (Lipinski definition) is 1. The van der Waals surface area contributed by atoms with Crippen LogP contribution >= 0.6 is 0 Å². The van der Waals surface area contributed by atoms with Crippen molar-refractivity contribution in [3.63, 3.8) is 0 Å². The number of aliphatic carboxylic acids is 1. The number of carbonyl (C=O) groups excluding carboxylic acids is 1. The van der Waals surface area contributed by atoms with Crippen LogP contribution in [-0.4, -0.2) is 41.8 Å². The van der Waals surface area contributed by atoms with E-state index in [2.05, 4.69) is 0 Å². The Morgan fingerprint density at radius 2 is 2.26 bits per heavy atom. The number of carbonyl (C=O) groups is 2. The van der Waals surface area contributed by atoms with E-state index < -0.39 is 12.2 Å². The maximum atomic E-state index is 12.2. The van der Waals surface area contributed by atoms with Gasteiger partial charge >= 0.3 is 5.97 Å².